The first-order valence-corrected chi connectivity index (χ1v) is 21.0. The SMILES string of the molecule is O=C(O)c1c(O)c(N=Nc2ccc(S(=O)(=O)CCOSOOO)cc2S(=O)(=O)O)cc(N=Nc2ccc(S(=O)(=O)CCOSOOO)cc2S(=O)(=O)O)c1O. The predicted octanol–water partition coefficient (Wildman–Crippen LogP) is 3.67. The van der Waals surface area contributed by atoms with E-state index in [2.05, 4.69) is 47.6 Å². The molecule has 0 saturated carbocycles. The van der Waals surface area contributed by atoms with Crippen LogP contribution in [-0.4, -0.2) is 99.3 Å². The van der Waals surface area contributed by atoms with Gasteiger partial charge in [-0.1, -0.05) is 10.1 Å². The molecular formula is C23H22N4O22S6. The van der Waals surface area contributed by atoms with Gasteiger partial charge in [0.1, 0.15) is 38.1 Å². The van der Waals surface area contributed by atoms with Crippen LogP contribution in [-0.2, 0) is 67.0 Å². The molecule has 0 aliphatic carbocycles. The van der Waals surface area contributed by atoms with Crippen LogP contribution in [0.2, 0.25) is 0 Å². The molecule has 3 aromatic rings. The van der Waals surface area contributed by atoms with E-state index in [4.69, 9.17) is 10.5 Å². The molecule has 3 aromatic carbocycles. The van der Waals surface area contributed by atoms with Gasteiger partial charge >= 0.3 is 5.97 Å². The van der Waals surface area contributed by atoms with E-state index in [-0.39, 0.29) is 24.6 Å². The third-order valence-electron chi connectivity index (χ3n) is 6.20. The minimum atomic E-state index is -5.26. The van der Waals surface area contributed by atoms with E-state index in [1.807, 2.05) is 0 Å². The topological polar surface area (TPSA) is 400 Å². The van der Waals surface area contributed by atoms with E-state index >= 15 is 0 Å². The number of aromatic carboxylic acids is 1. The second-order valence-electron chi connectivity index (χ2n) is 9.60. The van der Waals surface area contributed by atoms with Crippen LogP contribution in [0.5, 0.6) is 11.5 Å². The minimum absolute atomic E-state index is 0.0628. The first kappa shape index (κ1) is 45.4. The predicted molar refractivity (Wildman–Crippen MR) is 178 cm³/mol. The van der Waals surface area contributed by atoms with E-state index in [0.29, 0.717) is 18.2 Å². The van der Waals surface area contributed by atoms with Gasteiger partial charge in [-0.05, 0) is 36.4 Å². The standard InChI is InChI=1S/C23H22N4O22S6/c28-21-16(26-24-14-3-1-12(9-18(14)54(38,39)40)52(34,35)7-5-44-50-48-46-32)11-17(22(29)20(21)23(30)31)27-25-15-4-2-13(10-19(15)55(41,42)43)53(36,37)8-6-45-51-49-47-33/h1-4,9-11,28-29,32-33H,5-8H2,(H,30,31)(H,38,39,40)(H,41,42,43). The number of azo groups is 2. The second-order valence-corrected chi connectivity index (χ2v) is 17.6. The molecular weight excluding hydrogens is 877 g/mol. The Morgan fingerprint density at radius 3 is 1.29 bits per heavy atom. The molecule has 3 rings (SSSR count). The average molecular weight is 899 g/mol. The van der Waals surface area contributed by atoms with Crippen LogP contribution in [0.15, 0.2) is 82.5 Å². The zero-order valence-electron chi connectivity index (χ0n) is 26.4. The van der Waals surface area contributed by atoms with E-state index in [0.717, 1.165) is 24.3 Å². The quantitative estimate of drug-likeness (QED) is 0.0200. The van der Waals surface area contributed by atoms with E-state index in [9.17, 15) is 62.9 Å². The van der Waals surface area contributed by atoms with Crippen LogP contribution in [0.1, 0.15) is 10.4 Å². The number of sulfone groups is 2. The number of rotatable bonds is 21. The zero-order valence-corrected chi connectivity index (χ0v) is 31.3. The first-order chi connectivity index (χ1) is 25.6. The van der Waals surface area contributed by atoms with E-state index in [1.54, 1.807) is 0 Å². The number of carbonyl (C=O) groups is 1. The minimum Gasteiger partial charge on any atom is -0.505 e. The molecule has 55 heavy (non-hydrogen) atoms. The highest BCUT2D eigenvalue weighted by atomic mass is 32.2. The lowest BCUT2D eigenvalue weighted by Crippen LogP contribution is -2.12. The Morgan fingerprint density at radius 2 is 0.964 bits per heavy atom. The highest BCUT2D eigenvalue weighted by Gasteiger charge is 2.26. The number of hydrogen-bond acceptors (Lipinski definition) is 25. The van der Waals surface area contributed by atoms with Crippen molar-refractivity contribution in [3.05, 3.63) is 48.0 Å². The summed E-state index contributed by atoms with van der Waals surface area (Å²) >= 11 is 0.126. The molecule has 0 atom stereocenters. The number of nitrogens with zero attached hydrogens (tertiary/aromatic N) is 4. The number of carboxylic acid groups (broad SMARTS) is 1. The highest BCUT2D eigenvalue weighted by molar-refractivity contribution is 7.92. The Labute approximate surface area is 316 Å². The van der Waals surface area contributed by atoms with Crippen molar-refractivity contribution in [2.75, 3.05) is 24.7 Å². The molecule has 0 aromatic heterocycles. The van der Waals surface area contributed by atoms with Crippen molar-refractivity contribution in [3.63, 3.8) is 0 Å². The molecule has 0 spiro atoms. The number of phenols is 2. The molecule has 302 valence electrons. The molecule has 26 nitrogen and oxygen atoms in total. The normalized spacial score (nSPS) is 12.9. The maximum atomic E-state index is 12.7. The van der Waals surface area contributed by atoms with Crippen LogP contribution >= 0.6 is 24.6 Å². The molecule has 0 aliphatic rings. The van der Waals surface area contributed by atoms with Crippen molar-refractivity contribution in [2.45, 2.75) is 19.6 Å². The largest absolute Gasteiger partial charge is 0.505 e. The molecule has 0 amide bonds. The number of aromatic hydroxyl groups is 2. The maximum Gasteiger partial charge on any atom is 0.343 e. The van der Waals surface area contributed by atoms with E-state index in [1.165, 1.54) is 0 Å². The molecule has 0 fully saturated rings. The molecule has 7 N–H and O–H groups in total. The lowest BCUT2D eigenvalue weighted by molar-refractivity contribution is -0.434. The van der Waals surface area contributed by atoms with Crippen molar-refractivity contribution < 1.29 is 101 Å². The van der Waals surface area contributed by atoms with Crippen molar-refractivity contribution in [1.82, 2.24) is 0 Å². The van der Waals surface area contributed by atoms with Gasteiger partial charge in [-0.15, -0.1) is 29.1 Å². The van der Waals surface area contributed by atoms with E-state index < -0.39 is 130 Å². The van der Waals surface area contributed by atoms with Crippen LogP contribution < -0.4 is 0 Å². The summed E-state index contributed by atoms with van der Waals surface area (Å²) in [6.45, 7) is -1.13. The van der Waals surface area contributed by atoms with Crippen molar-refractivity contribution in [3.8, 4) is 11.5 Å². The smallest absolute Gasteiger partial charge is 0.343 e. The molecule has 0 aliphatic heterocycles. The fraction of sp³-hybridized carbons (Fsp3) is 0.174. The van der Waals surface area contributed by atoms with Crippen molar-refractivity contribution in [2.24, 2.45) is 20.5 Å². The Bertz CT molecular complexity index is 2250. The average Bonchev–Trinajstić information content (AvgIpc) is 3.09. The fourth-order valence-electron chi connectivity index (χ4n) is 3.81. The highest BCUT2D eigenvalue weighted by Crippen LogP contribution is 2.45. The lowest BCUT2D eigenvalue weighted by atomic mass is 10.1. The summed E-state index contributed by atoms with van der Waals surface area (Å²) in [4.78, 5) is 8.30. The summed E-state index contributed by atoms with van der Waals surface area (Å²) < 4.78 is 136. The summed E-state index contributed by atoms with van der Waals surface area (Å²) in [6, 6.07) is 4.74. The molecule has 0 saturated heterocycles. The fourth-order valence-corrected chi connectivity index (χ4v) is 8.13. The van der Waals surface area contributed by atoms with Gasteiger partial charge in [-0.2, -0.15) is 16.8 Å². The van der Waals surface area contributed by atoms with Crippen molar-refractivity contribution in [1.29, 1.82) is 0 Å². The monoisotopic (exact) mass is 898 g/mol. The van der Waals surface area contributed by atoms with Crippen LogP contribution in [0.4, 0.5) is 22.7 Å². The Kier molecular flexibility index (Phi) is 15.9. The van der Waals surface area contributed by atoms with Gasteiger partial charge in [0.25, 0.3) is 20.2 Å². The second kappa shape index (κ2) is 19.3. The van der Waals surface area contributed by atoms with Gasteiger partial charge in [-0.3, -0.25) is 17.5 Å². The lowest BCUT2D eigenvalue weighted by Gasteiger charge is -2.09. The summed E-state index contributed by atoms with van der Waals surface area (Å²) in [6.07, 6.45) is 0. The summed E-state index contributed by atoms with van der Waals surface area (Å²) in [5.41, 5.74) is -4.57. The summed E-state index contributed by atoms with van der Waals surface area (Å²) in [5.74, 6) is -6.14. The van der Waals surface area contributed by atoms with Crippen LogP contribution in [0, 0.1) is 0 Å². The van der Waals surface area contributed by atoms with Gasteiger partial charge in [0.15, 0.2) is 55.8 Å². The third kappa shape index (κ3) is 12.5. The van der Waals surface area contributed by atoms with Gasteiger partial charge in [0, 0.05) is 6.07 Å². The molecule has 0 radical (unpaired) electrons. The number of hydrogen-bond donors (Lipinski definition) is 7. The van der Waals surface area contributed by atoms with Crippen molar-refractivity contribution >= 4 is 93.3 Å². The number of carboxylic acids is 1. The molecule has 0 heterocycles. The molecule has 32 heteroatoms. The molecule has 0 bridgehead atoms. The molecule has 0 unspecified atom stereocenters. The number of benzene rings is 3. The zero-order chi connectivity index (χ0) is 41.2. The van der Waals surface area contributed by atoms with Crippen LogP contribution in [0.25, 0.3) is 0 Å². The third-order valence-corrected chi connectivity index (χ3v) is 12.1. The Hall–Kier alpha value is -3.97. The summed E-state index contributed by atoms with van der Waals surface area (Å²) in [7, 11) is -19.1. The Balaban J connectivity index is 2.06. The first-order valence-electron chi connectivity index (χ1n) is 13.5. The maximum absolute atomic E-state index is 12.7. The van der Waals surface area contributed by atoms with Gasteiger partial charge in [0.2, 0.25) is 0 Å². The summed E-state index contributed by atoms with van der Waals surface area (Å²) in [5, 5.41) is 67.4. The van der Waals surface area contributed by atoms with Gasteiger partial charge in [-0.25, -0.2) is 32.1 Å². The van der Waals surface area contributed by atoms with Gasteiger partial charge in [0.05, 0.1) is 34.5 Å². The van der Waals surface area contributed by atoms with Gasteiger partial charge < -0.3 is 15.3 Å². The van der Waals surface area contributed by atoms with Crippen LogP contribution in [0.3, 0.4) is 0 Å². The Morgan fingerprint density at radius 1 is 0.600 bits per heavy atom.